The number of rotatable bonds is 3. The maximum absolute atomic E-state index is 13.4. The molecule has 31 heavy (non-hydrogen) atoms. The van der Waals surface area contributed by atoms with Gasteiger partial charge in [-0.1, -0.05) is 62.4 Å². The molecule has 0 N–H and O–H groups in total. The zero-order valence-electron chi connectivity index (χ0n) is 18.1. The predicted octanol–water partition coefficient (Wildman–Crippen LogP) is 3.77. The minimum absolute atomic E-state index is 0.0698. The first-order valence-corrected chi connectivity index (χ1v) is 11.6. The Bertz CT molecular complexity index is 1340. The Labute approximate surface area is 188 Å². The van der Waals surface area contributed by atoms with Crippen molar-refractivity contribution in [3.05, 3.63) is 88.7 Å². The monoisotopic (exact) mass is 452 g/mol. The van der Waals surface area contributed by atoms with E-state index in [0.29, 0.717) is 20.6 Å². The number of benzene rings is 1. The topological polar surface area (TPSA) is 60.7 Å². The lowest BCUT2D eigenvalue weighted by Crippen LogP contribution is -2.39. The first-order chi connectivity index (χ1) is 14.7. The molecule has 3 heterocycles. The van der Waals surface area contributed by atoms with Crippen molar-refractivity contribution in [3.8, 4) is 0 Å². The van der Waals surface area contributed by atoms with Crippen LogP contribution in [0.4, 0.5) is 0 Å². The molecule has 1 aliphatic rings. The van der Waals surface area contributed by atoms with Crippen LogP contribution in [-0.4, -0.2) is 17.6 Å². The zero-order chi connectivity index (χ0) is 22.3. The molecule has 0 amide bonds. The van der Waals surface area contributed by atoms with Crippen molar-refractivity contribution in [1.29, 1.82) is 0 Å². The van der Waals surface area contributed by atoms with Gasteiger partial charge < -0.3 is 4.74 Å². The van der Waals surface area contributed by atoms with Gasteiger partial charge in [-0.15, -0.1) is 11.3 Å². The smallest absolute Gasteiger partial charge is 0.338 e. The van der Waals surface area contributed by atoms with Crippen molar-refractivity contribution in [2.24, 2.45) is 4.99 Å². The van der Waals surface area contributed by atoms with Crippen LogP contribution in [-0.2, 0) is 14.9 Å². The molecule has 0 saturated carbocycles. The van der Waals surface area contributed by atoms with E-state index >= 15 is 0 Å². The van der Waals surface area contributed by atoms with Crippen molar-refractivity contribution < 1.29 is 9.53 Å². The quantitative estimate of drug-likeness (QED) is 0.569. The van der Waals surface area contributed by atoms with Crippen molar-refractivity contribution in [2.75, 3.05) is 7.11 Å². The molecule has 0 spiro atoms. The van der Waals surface area contributed by atoms with Gasteiger partial charge >= 0.3 is 5.97 Å². The third-order valence-corrected chi connectivity index (χ3v) is 7.22. The fourth-order valence-corrected chi connectivity index (χ4v) is 5.51. The van der Waals surface area contributed by atoms with Gasteiger partial charge in [-0.3, -0.25) is 9.36 Å². The average molecular weight is 453 g/mol. The van der Waals surface area contributed by atoms with E-state index in [-0.39, 0.29) is 11.0 Å². The van der Waals surface area contributed by atoms with Crippen LogP contribution >= 0.6 is 22.7 Å². The molecule has 4 rings (SSSR count). The number of hydrogen-bond acceptors (Lipinski definition) is 6. The fraction of sp³-hybridized carbons (Fsp3) is 0.292. The Morgan fingerprint density at radius 2 is 1.90 bits per heavy atom. The Kier molecular flexibility index (Phi) is 5.58. The van der Waals surface area contributed by atoms with Crippen LogP contribution in [0.3, 0.4) is 0 Å². The molecule has 5 nitrogen and oxygen atoms in total. The molecule has 0 radical (unpaired) electrons. The number of hydrogen-bond donors (Lipinski definition) is 0. The van der Waals surface area contributed by atoms with Gasteiger partial charge in [0.2, 0.25) is 0 Å². The van der Waals surface area contributed by atoms with E-state index in [1.165, 1.54) is 35.3 Å². The number of methoxy groups -OCH3 is 1. The lowest BCUT2D eigenvalue weighted by molar-refractivity contribution is -0.136. The lowest BCUT2D eigenvalue weighted by Gasteiger charge is -2.22. The third-order valence-electron chi connectivity index (χ3n) is 5.31. The van der Waals surface area contributed by atoms with Crippen LogP contribution in [0.15, 0.2) is 62.8 Å². The van der Waals surface area contributed by atoms with Crippen molar-refractivity contribution >= 4 is 34.7 Å². The summed E-state index contributed by atoms with van der Waals surface area (Å²) in [7, 11) is 1.35. The highest BCUT2D eigenvalue weighted by atomic mass is 32.1. The van der Waals surface area contributed by atoms with E-state index in [2.05, 4.69) is 37.9 Å². The molecule has 7 heteroatoms. The Morgan fingerprint density at radius 3 is 2.48 bits per heavy atom. The number of fused-ring (bicyclic) bond motifs is 1. The van der Waals surface area contributed by atoms with Crippen molar-refractivity contribution in [2.45, 2.75) is 39.2 Å². The Hall–Kier alpha value is -2.77. The zero-order valence-corrected chi connectivity index (χ0v) is 19.8. The summed E-state index contributed by atoms with van der Waals surface area (Å²) >= 11 is 2.84. The molecule has 0 saturated heterocycles. The number of aromatic nitrogens is 1. The number of allylic oxidation sites excluding steroid dienone is 1. The number of esters is 1. The van der Waals surface area contributed by atoms with Gasteiger partial charge in [0.15, 0.2) is 4.80 Å². The highest BCUT2D eigenvalue weighted by Crippen LogP contribution is 2.33. The van der Waals surface area contributed by atoms with Gasteiger partial charge in [-0.25, -0.2) is 9.79 Å². The summed E-state index contributed by atoms with van der Waals surface area (Å²) in [6.07, 6.45) is 1.89. The summed E-state index contributed by atoms with van der Waals surface area (Å²) in [6, 6.07) is 11.6. The molecular formula is C24H24N2O3S2. The second-order valence-electron chi connectivity index (χ2n) is 8.46. The summed E-state index contributed by atoms with van der Waals surface area (Å²) < 4.78 is 7.21. The highest BCUT2D eigenvalue weighted by Gasteiger charge is 2.33. The number of carbonyl (C=O) groups excluding carboxylic acids is 1. The average Bonchev–Trinajstić information content (AvgIpc) is 3.35. The summed E-state index contributed by atoms with van der Waals surface area (Å²) in [5, 5.41) is 1.94. The molecule has 1 atom stereocenters. The molecule has 3 aromatic rings. The third kappa shape index (κ3) is 3.95. The molecule has 0 bridgehead atoms. The van der Waals surface area contributed by atoms with Crippen LogP contribution in [0.2, 0.25) is 0 Å². The van der Waals surface area contributed by atoms with Gasteiger partial charge in [-0.05, 0) is 41.0 Å². The normalized spacial score (nSPS) is 16.8. The highest BCUT2D eigenvalue weighted by molar-refractivity contribution is 7.10. The van der Waals surface area contributed by atoms with Crippen LogP contribution in [0.25, 0.3) is 6.08 Å². The van der Waals surface area contributed by atoms with Crippen molar-refractivity contribution in [3.63, 3.8) is 0 Å². The minimum Gasteiger partial charge on any atom is -0.466 e. The van der Waals surface area contributed by atoms with Gasteiger partial charge in [0.1, 0.15) is 6.04 Å². The summed E-state index contributed by atoms with van der Waals surface area (Å²) in [5.41, 5.74) is 3.08. The predicted molar refractivity (Wildman–Crippen MR) is 125 cm³/mol. The van der Waals surface area contributed by atoms with E-state index in [9.17, 15) is 9.59 Å². The van der Waals surface area contributed by atoms with Crippen molar-refractivity contribution in [1.82, 2.24) is 4.57 Å². The van der Waals surface area contributed by atoms with E-state index < -0.39 is 12.0 Å². The fourth-order valence-electron chi connectivity index (χ4n) is 3.64. The summed E-state index contributed by atoms with van der Waals surface area (Å²) in [5.74, 6) is -0.466. The second-order valence-corrected chi connectivity index (χ2v) is 10.4. The number of thiophene rings is 1. The minimum atomic E-state index is -0.533. The number of thiazole rings is 1. The van der Waals surface area contributed by atoms with E-state index in [0.717, 1.165) is 10.4 Å². The molecule has 160 valence electrons. The van der Waals surface area contributed by atoms with Crippen LogP contribution in [0.1, 0.15) is 49.7 Å². The molecule has 0 aliphatic carbocycles. The number of nitrogens with zero attached hydrogens (tertiary/aromatic N) is 2. The molecule has 2 aromatic heterocycles. The summed E-state index contributed by atoms with van der Waals surface area (Å²) in [6.45, 7) is 8.30. The van der Waals surface area contributed by atoms with Gasteiger partial charge in [-0.2, -0.15) is 0 Å². The second kappa shape index (κ2) is 8.05. The SMILES string of the molecule is COC(=O)C1=C(C)N=c2s/c(=C\c3ccc(C(C)(C)C)cc3)c(=O)n2C1c1cccs1. The summed E-state index contributed by atoms with van der Waals surface area (Å²) in [4.78, 5) is 32.0. The first-order valence-electron chi connectivity index (χ1n) is 9.95. The van der Waals surface area contributed by atoms with Crippen LogP contribution < -0.4 is 14.9 Å². The first kappa shape index (κ1) is 21.5. The standard InChI is InChI=1S/C24H24N2O3S2/c1-14-19(22(28)29-5)20(17-7-6-12-30-17)26-21(27)18(31-23(26)25-14)13-15-8-10-16(11-9-15)24(2,3)4/h6-13,20H,1-5H3/b18-13-. The largest absolute Gasteiger partial charge is 0.466 e. The Morgan fingerprint density at radius 1 is 1.19 bits per heavy atom. The molecule has 1 unspecified atom stereocenters. The maximum atomic E-state index is 13.4. The molecular weight excluding hydrogens is 428 g/mol. The Balaban J connectivity index is 1.88. The van der Waals surface area contributed by atoms with E-state index in [1.807, 2.05) is 35.7 Å². The number of ether oxygens (including phenoxy) is 1. The molecule has 0 fully saturated rings. The van der Waals surface area contributed by atoms with E-state index in [1.54, 1.807) is 11.5 Å². The maximum Gasteiger partial charge on any atom is 0.338 e. The van der Waals surface area contributed by atoms with Crippen LogP contribution in [0, 0.1) is 0 Å². The molecule has 1 aliphatic heterocycles. The number of carbonyl (C=O) groups is 1. The van der Waals surface area contributed by atoms with Gasteiger partial charge in [0, 0.05) is 4.88 Å². The van der Waals surface area contributed by atoms with Crippen LogP contribution in [0.5, 0.6) is 0 Å². The lowest BCUT2D eigenvalue weighted by atomic mass is 9.87. The molecule has 1 aromatic carbocycles. The van der Waals surface area contributed by atoms with Gasteiger partial charge in [0.05, 0.1) is 22.9 Å². The van der Waals surface area contributed by atoms with E-state index in [4.69, 9.17) is 4.74 Å². The van der Waals surface area contributed by atoms with Gasteiger partial charge in [0.25, 0.3) is 5.56 Å².